The Kier molecular flexibility index (Phi) is 4.48. The SMILES string of the molecule is CCc1csc(-c2[nH]c(-c3ccc(C(N)=O)cc3)nc2-c2ccc3c(c2)OCO3)n1. The van der Waals surface area contributed by atoms with Gasteiger partial charge in [0.25, 0.3) is 0 Å². The Balaban J connectivity index is 1.63. The highest BCUT2D eigenvalue weighted by molar-refractivity contribution is 7.13. The van der Waals surface area contributed by atoms with Crippen LogP contribution >= 0.6 is 11.3 Å². The lowest BCUT2D eigenvalue weighted by atomic mass is 10.1. The number of amides is 1. The Morgan fingerprint density at radius 3 is 2.60 bits per heavy atom. The van der Waals surface area contributed by atoms with Crippen LogP contribution in [-0.2, 0) is 6.42 Å². The molecule has 0 saturated heterocycles. The van der Waals surface area contributed by atoms with E-state index in [9.17, 15) is 4.79 Å². The summed E-state index contributed by atoms with van der Waals surface area (Å²) < 4.78 is 11.0. The third kappa shape index (κ3) is 3.21. The molecule has 3 N–H and O–H groups in total. The number of aromatic amines is 1. The van der Waals surface area contributed by atoms with Crippen LogP contribution in [0.3, 0.4) is 0 Å². The lowest BCUT2D eigenvalue weighted by Gasteiger charge is -2.02. The van der Waals surface area contributed by atoms with Crippen LogP contribution in [0.25, 0.3) is 33.3 Å². The van der Waals surface area contributed by atoms with E-state index < -0.39 is 5.91 Å². The second-order valence-electron chi connectivity index (χ2n) is 6.82. The summed E-state index contributed by atoms with van der Waals surface area (Å²) in [5.74, 6) is 1.64. The van der Waals surface area contributed by atoms with E-state index in [-0.39, 0.29) is 6.79 Å². The molecule has 0 bridgehead atoms. The predicted molar refractivity (Wildman–Crippen MR) is 115 cm³/mol. The van der Waals surface area contributed by atoms with Gasteiger partial charge in [-0.25, -0.2) is 9.97 Å². The second-order valence-corrected chi connectivity index (χ2v) is 7.67. The molecule has 0 radical (unpaired) electrons. The molecule has 2 aromatic carbocycles. The molecule has 1 aliphatic rings. The van der Waals surface area contributed by atoms with Gasteiger partial charge >= 0.3 is 0 Å². The van der Waals surface area contributed by atoms with E-state index in [2.05, 4.69) is 17.3 Å². The number of nitrogens with zero attached hydrogens (tertiary/aromatic N) is 2. The van der Waals surface area contributed by atoms with Crippen molar-refractivity contribution in [2.45, 2.75) is 13.3 Å². The molecule has 5 rings (SSSR count). The van der Waals surface area contributed by atoms with E-state index in [1.807, 2.05) is 30.3 Å². The normalized spacial score (nSPS) is 12.3. The van der Waals surface area contributed by atoms with Crippen molar-refractivity contribution >= 4 is 17.2 Å². The number of benzene rings is 2. The average Bonchev–Trinajstić information content (AvgIpc) is 3.51. The van der Waals surface area contributed by atoms with Crippen molar-refractivity contribution < 1.29 is 14.3 Å². The lowest BCUT2D eigenvalue weighted by molar-refractivity contribution is 0.100. The number of hydrogen-bond acceptors (Lipinski definition) is 6. The summed E-state index contributed by atoms with van der Waals surface area (Å²) in [5, 5.41) is 2.92. The number of rotatable bonds is 5. The average molecular weight is 418 g/mol. The van der Waals surface area contributed by atoms with Gasteiger partial charge in [-0.1, -0.05) is 19.1 Å². The number of imidazole rings is 1. The molecule has 0 saturated carbocycles. The third-order valence-corrected chi connectivity index (χ3v) is 5.83. The molecule has 7 nitrogen and oxygen atoms in total. The summed E-state index contributed by atoms with van der Waals surface area (Å²) >= 11 is 1.58. The molecule has 4 aromatic rings. The van der Waals surface area contributed by atoms with E-state index in [0.717, 1.165) is 45.4 Å². The molecular formula is C22H18N4O3S. The van der Waals surface area contributed by atoms with Gasteiger partial charge in [0, 0.05) is 22.1 Å². The zero-order valence-corrected chi connectivity index (χ0v) is 17.0. The lowest BCUT2D eigenvalue weighted by Crippen LogP contribution is -2.10. The quantitative estimate of drug-likeness (QED) is 0.504. The number of thiazole rings is 1. The first kappa shape index (κ1) is 18.4. The van der Waals surface area contributed by atoms with Crippen LogP contribution in [0.4, 0.5) is 0 Å². The fourth-order valence-corrected chi connectivity index (χ4v) is 4.20. The molecule has 0 atom stereocenters. The van der Waals surface area contributed by atoms with Gasteiger partial charge in [-0.3, -0.25) is 4.79 Å². The monoisotopic (exact) mass is 418 g/mol. The van der Waals surface area contributed by atoms with Gasteiger partial charge in [0.1, 0.15) is 16.5 Å². The number of carbonyl (C=O) groups excluding carboxylic acids is 1. The van der Waals surface area contributed by atoms with Crippen LogP contribution in [0.5, 0.6) is 11.5 Å². The number of H-pyrrole nitrogens is 1. The summed E-state index contributed by atoms with van der Waals surface area (Å²) in [5.41, 5.74) is 10.2. The molecule has 8 heteroatoms. The van der Waals surface area contributed by atoms with Crippen LogP contribution in [0, 0.1) is 0 Å². The number of fused-ring (bicyclic) bond motifs is 1. The largest absolute Gasteiger partial charge is 0.454 e. The van der Waals surface area contributed by atoms with Crippen molar-refractivity contribution in [2.24, 2.45) is 5.73 Å². The maximum Gasteiger partial charge on any atom is 0.248 e. The molecule has 0 fully saturated rings. The molecule has 1 aliphatic heterocycles. The standard InChI is InChI=1S/C22H18N4O3S/c1-2-15-10-30-22(24-15)19-18(14-7-8-16-17(9-14)29-11-28-16)25-21(26-19)13-5-3-12(4-6-13)20(23)27/h3-10H,2,11H2,1H3,(H2,23,27)(H,25,26). The van der Waals surface area contributed by atoms with Crippen molar-refractivity contribution in [3.63, 3.8) is 0 Å². The van der Waals surface area contributed by atoms with Gasteiger partial charge < -0.3 is 20.2 Å². The number of primary amides is 1. The highest BCUT2D eigenvalue weighted by Crippen LogP contribution is 2.40. The second kappa shape index (κ2) is 7.31. The highest BCUT2D eigenvalue weighted by Gasteiger charge is 2.21. The number of ether oxygens (including phenoxy) is 2. The van der Waals surface area contributed by atoms with Gasteiger partial charge in [0.15, 0.2) is 11.5 Å². The number of aryl methyl sites for hydroxylation is 1. The minimum atomic E-state index is -0.461. The molecule has 2 aromatic heterocycles. The summed E-state index contributed by atoms with van der Waals surface area (Å²) in [4.78, 5) is 24.4. The molecule has 3 heterocycles. The maximum atomic E-state index is 11.4. The fraction of sp³-hybridized carbons (Fsp3) is 0.136. The Morgan fingerprint density at radius 1 is 1.10 bits per heavy atom. The van der Waals surface area contributed by atoms with Crippen molar-refractivity contribution in [3.8, 4) is 44.8 Å². The number of aromatic nitrogens is 3. The summed E-state index contributed by atoms with van der Waals surface area (Å²) in [6.07, 6.45) is 0.866. The predicted octanol–water partition coefficient (Wildman–Crippen LogP) is 4.26. The van der Waals surface area contributed by atoms with Gasteiger partial charge in [-0.15, -0.1) is 11.3 Å². The number of nitrogens with one attached hydrogen (secondary N) is 1. The third-order valence-electron chi connectivity index (χ3n) is 4.92. The van der Waals surface area contributed by atoms with Crippen LogP contribution in [0.15, 0.2) is 47.8 Å². The van der Waals surface area contributed by atoms with Crippen molar-refractivity contribution in [3.05, 3.63) is 59.1 Å². The van der Waals surface area contributed by atoms with Crippen LogP contribution in [0.1, 0.15) is 23.0 Å². The van der Waals surface area contributed by atoms with Gasteiger partial charge in [0.2, 0.25) is 12.7 Å². The molecule has 1 amide bonds. The molecule has 0 spiro atoms. The van der Waals surface area contributed by atoms with Crippen molar-refractivity contribution in [2.75, 3.05) is 6.79 Å². The minimum Gasteiger partial charge on any atom is -0.454 e. The first-order valence-corrected chi connectivity index (χ1v) is 10.4. The number of hydrogen-bond donors (Lipinski definition) is 2. The summed E-state index contributed by atoms with van der Waals surface area (Å²) in [6.45, 7) is 2.30. The fourth-order valence-electron chi connectivity index (χ4n) is 3.29. The first-order chi connectivity index (χ1) is 14.6. The molecule has 150 valence electrons. The van der Waals surface area contributed by atoms with E-state index in [1.54, 1.807) is 23.5 Å². The number of nitrogens with two attached hydrogens (primary N) is 1. The van der Waals surface area contributed by atoms with Crippen molar-refractivity contribution in [1.29, 1.82) is 0 Å². The van der Waals surface area contributed by atoms with E-state index in [0.29, 0.717) is 17.1 Å². The Bertz CT molecular complexity index is 1240. The van der Waals surface area contributed by atoms with E-state index in [4.69, 9.17) is 25.2 Å². The smallest absolute Gasteiger partial charge is 0.248 e. The highest BCUT2D eigenvalue weighted by atomic mass is 32.1. The van der Waals surface area contributed by atoms with Gasteiger partial charge in [0.05, 0.1) is 11.4 Å². The Labute approximate surface area is 176 Å². The topological polar surface area (TPSA) is 103 Å². The molecular weight excluding hydrogens is 400 g/mol. The maximum absolute atomic E-state index is 11.4. The molecule has 0 unspecified atom stereocenters. The first-order valence-electron chi connectivity index (χ1n) is 9.47. The van der Waals surface area contributed by atoms with Gasteiger partial charge in [-0.05, 0) is 36.8 Å². The molecule has 0 aliphatic carbocycles. The van der Waals surface area contributed by atoms with Crippen LogP contribution < -0.4 is 15.2 Å². The Hall–Kier alpha value is -3.65. The Morgan fingerprint density at radius 2 is 1.87 bits per heavy atom. The van der Waals surface area contributed by atoms with E-state index in [1.165, 1.54) is 0 Å². The minimum absolute atomic E-state index is 0.218. The van der Waals surface area contributed by atoms with Crippen LogP contribution in [-0.4, -0.2) is 27.7 Å². The van der Waals surface area contributed by atoms with Gasteiger partial charge in [-0.2, -0.15) is 0 Å². The van der Waals surface area contributed by atoms with Crippen molar-refractivity contribution in [1.82, 2.24) is 15.0 Å². The zero-order chi connectivity index (χ0) is 20.7. The number of carbonyl (C=O) groups is 1. The van der Waals surface area contributed by atoms with Crippen LogP contribution in [0.2, 0.25) is 0 Å². The van der Waals surface area contributed by atoms with E-state index >= 15 is 0 Å². The molecule has 30 heavy (non-hydrogen) atoms. The summed E-state index contributed by atoms with van der Waals surface area (Å²) in [7, 11) is 0. The summed E-state index contributed by atoms with van der Waals surface area (Å²) in [6, 6.07) is 12.8. The zero-order valence-electron chi connectivity index (χ0n) is 16.1.